The first kappa shape index (κ1) is 15.5. The van der Waals surface area contributed by atoms with Crippen molar-refractivity contribution in [2.75, 3.05) is 6.61 Å². The summed E-state index contributed by atoms with van der Waals surface area (Å²) in [5.41, 5.74) is 1.64. The number of hydrogen-bond donors (Lipinski definition) is 1. The van der Waals surface area contributed by atoms with Crippen LogP contribution in [-0.4, -0.2) is 24.8 Å². The van der Waals surface area contributed by atoms with E-state index < -0.39 is 0 Å². The Bertz CT molecular complexity index is 401. The largest absolute Gasteiger partial charge is 0.378 e. The molecule has 0 spiro atoms. The lowest BCUT2D eigenvalue weighted by atomic mass is 9.79. The van der Waals surface area contributed by atoms with Gasteiger partial charge in [-0.05, 0) is 44.1 Å². The highest BCUT2D eigenvalue weighted by atomic mass is 16.5. The van der Waals surface area contributed by atoms with Gasteiger partial charge in [0.05, 0.1) is 6.10 Å². The van der Waals surface area contributed by atoms with E-state index in [1.54, 1.807) is 0 Å². The van der Waals surface area contributed by atoms with Crippen molar-refractivity contribution in [1.82, 2.24) is 5.32 Å². The first-order valence-corrected chi connectivity index (χ1v) is 7.90. The van der Waals surface area contributed by atoms with Crippen molar-refractivity contribution in [3.63, 3.8) is 0 Å². The fourth-order valence-electron chi connectivity index (χ4n) is 3.38. The zero-order chi connectivity index (χ0) is 14.6. The van der Waals surface area contributed by atoms with E-state index in [1.807, 2.05) is 0 Å². The molecular formula is C18H29NO. The molecule has 1 heterocycles. The maximum Gasteiger partial charge on any atom is 0.0561 e. The molecule has 1 aliphatic heterocycles. The van der Waals surface area contributed by atoms with Crippen LogP contribution in [0.2, 0.25) is 0 Å². The molecule has 0 bridgehead atoms. The summed E-state index contributed by atoms with van der Waals surface area (Å²) in [7, 11) is 0. The van der Waals surface area contributed by atoms with Crippen molar-refractivity contribution in [1.29, 1.82) is 0 Å². The molecule has 1 aromatic carbocycles. The quantitative estimate of drug-likeness (QED) is 0.880. The van der Waals surface area contributed by atoms with Crippen LogP contribution in [0.4, 0.5) is 0 Å². The van der Waals surface area contributed by atoms with Crippen molar-refractivity contribution >= 4 is 0 Å². The van der Waals surface area contributed by atoms with Gasteiger partial charge in [-0.2, -0.15) is 0 Å². The number of nitrogens with one attached hydrogen (secondary N) is 1. The van der Waals surface area contributed by atoms with Gasteiger partial charge in [-0.1, -0.05) is 44.2 Å². The SMILES string of the molecule is CC(CC(C)(C)c1ccccc1)NC1CCOC(C)C1. The van der Waals surface area contributed by atoms with E-state index in [-0.39, 0.29) is 5.41 Å². The van der Waals surface area contributed by atoms with Gasteiger partial charge < -0.3 is 10.1 Å². The lowest BCUT2D eigenvalue weighted by Crippen LogP contribution is -2.44. The van der Waals surface area contributed by atoms with Gasteiger partial charge in [-0.3, -0.25) is 0 Å². The molecule has 1 saturated heterocycles. The molecule has 2 rings (SSSR count). The number of benzene rings is 1. The van der Waals surface area contributed by atoms with Crippen molar-refractivity contribution in [3.05, 3.63) is 35.9 Å². The second-order valence-corrected chi connectivity index (χ2v) is 6.92. The molecule has 1 fully saturated rings. The first-order valence-electron chi connectivity index (χ1n) is 7.90. The molecule has 0 aromatic heterocycles. The molecule has 112 valence electrons. The number of ether oxygens (including phenoxy) is 1. The van der Waals surface area contributed by atoms with Crippen molar-refractivity contribution in [2.24, 2.45) is 0 Å². The van der Waals surface area contributed by atoms with E-state index >= 15 is 0 Å². The highest BCUT2D eigenvalue weighted by molar-refractivity contribution is 5.23. The van der Waals surface area contributed by atoms with Gasteiger partial charge in [0.15, 0.2) is 0 Å². The standard InChI is InChI=1S/C18H29NO/c1-14(19-17-10-11-20-15(2)12-17)13-18(3,4)16-8-6-5-7-9-16/h5-9,14-15,17,19H,10-13H2,1-4H3. The monoisotopic (exact) mass is 275 g/mol. The van der Waals surface area contributed by atoms with E-state index in [1.165, 1.54) is 5.56 Å². The fourth-order valence-corrected chi connectivity index (χ4v) is 3.38. The Hall–Kier alpha value is -0.860. The van der Waals surface area contributed by atoms with Gasteiger partial charge in [0.25, 0.3) is 0 Å². The third-order valence-electron chi connectivity index (χ3n) is 4.38. The Kier molecular flexibility index (Phi) is 5.22. The molecule has 3 atom stereocenters. The van der Waals surface area contributed by atoms with Crippen LogP contribution in [0.1, 0.15) is 52.5 Å². The zero-order valence-corrected chi connectivity index (χ0v) is 13.4. The molecule has 1 aliphatic rings. The molecule has 0 aliphatic carbocycles. The number of rotatable bonds is 5. The third kappa shape index (κ3) is 4.32. The summed E-state index contributed by atoms with van der Waals surface area (Å²) in [5.74, 6) is 0. The summed E-state index contributed by atoms with van der Waals surface area (Å²) in [6.07, 6.45) is 3.83. The van der Waals surface area contributed by atoms with E-state index in [2.05, 4.69) is 63.3 Å². The van der Waals surface area contributed by atoms with Crippen LogP contribution in [0.5, 0.6) is 0 Å². The van der Waals surface area contributed by atoms with Crippen molar-refractivity contribution < 1.29 is 4.74 Å². The van der Waals surface area contributed by atoms with Crippen molar-refractivity contribution in [2.45, 2.75) is 70.6 Å². The summed E-state index contributed by atoms with van der Waals surface area (Å²) in [4.78, 5) is 0. The molecule has 20 heavy (non-hydrogen) atoms. The van der Waals surface area contributed by atoms with E-state index in [4.69, 9.17) is 4.74 Å². The lowest BCUT2D eigenvalue weighted by molar-refractivity contribution is 0.0111. The van der Waals surface area contributed by atoms with Crippen LogP contribution in [0.3, 0.4) is 0 Å². The van der Waals surface area contributed by atoms with Gasteiger partial charge in [-0.15, -0.1) is 0 Å². The fraction of sp³-hybridized carbons (Fsp3) is 0.667. The summed E-state index contributed by atoms with van der Waals surface area (Å²) < 4.78 is 5.62. The molecular weight excluding hydrogens is 246 g/mol. The summed E-state index contributed by atoms with van der Waals surface area (Å²) >= 11 is 0. The Balaban J connectivity index is 1.88. The molecule has 1 aromatic rings. The molecule has 2 nitrogen and oxygen atoms in total. The van der Waals surface area contributed by atoms with Crippen LogP contribution in [-0.2, 0) is 10.2 Å². The summed E-state index contributed by atoms with van der Waals surface area (Å²) in [5, 5.41) is 3.80. The lowest BCUT2D eigenvalue weighted by Gasteiger charge is -2.34. The average Bonchev–Trinajstić information content (AvgIpc) is 2.39. The first-order chi connectivity index (χ1) is 9.47. The molecule has 0 saturated carbocycles. The third-order valence-corrected chi connectivity index (χ3v) is 4.38. The highest BCUT2D eigenvalue weighted by Crippen LogP contribution is 2.28. The zero-order valence-electron chi connectivity index (χ0n) is 13.4. The Morgan fingerprint density at radius 2 is 2.00 bits per heavy atom. The Labute approximate surface area is 123 Å². The smallest absolute Gasteiger partial charge is 0.0561 e. The predicted octanol–water partition coefficient (Wildman–Crippen LogP) is 3.90. The van der Waals surface area contributed by atoms with Crippen LogP contribution >= 0.6 is 0 Å². The van der Waals surface area contributed by atoms with E-state index in [0.29, 0.717) is 18.2 Å². The Morgan fingerprint density at radius 1 is 1.30 bits per heavy atom. The van der Waals surface area contributed by atoms with Gasteiger partial charge in [-0.25, -0.2) is 0 Å². The van der Waals surface area contributed by atoms with E-state index in [9.17, 15) is 0 Å². The maximum atomic E-state index is 5.62. The van der Waals surface area contributed by atoms with Gasteiger partial charge in [0.1, 0.15) is 0 Å². The molecule has 1 N–H and O–H groups in total. The summed E-state index contributed by atoms with van der Waals surface area (Å²) in [6, 6.07) is 12.0. The summed E-state index contributed by atoms with van der Waals surface area (Å²) in [6.45, 7) is 10.1. The normalized spacial score (nSPS) is 25.4. The van der Waals surface area contributed by atoms with Gasteiger partial charge in [0, 0.05) is 18.7 Å². The molecule has 0 radical (unpaired) electrons. The number of hydrogen-bond acceptors (Lipinski definition) is 2. The highest BCUT2D eigenvalue weighted by Gasteiger charge is 2.26. The predicted molar refractivity (Wildman–Crippen MR) is 85.1 cm³/mol. The van der Waals surface area contributed by atoms with Crippen LogP contribution in [0.25, 0.3) is 0 Å². The maximum absolute atomic E-state index is 5.62. The molecule has 3 unspecified atom stereocenters. The minimum atomic E-state index is 0.213. The second kappa shape index (κ2) is 6.73. The topological polar surface area (TPSA) is 21.3 Å². The van der Waals surface area contributed by atoms with Crippen LogP contribution < -0.4 is 5.32 Å². The average molecular weight is 275 g/mol. The minimum absolute atomic E-state index is 0.213. The van der Waals surface area contributed by atoms with Crippen molar-refractivity contribution in [3.8, 4) is 0 Å². The van der Waals surface area contributed by atoms with Gasteiger partial charge >= 0.3 is 0 Å². The van der Waals surface area contributed by atoms with Crippen LogP contribution in [0, 0.1) is 0 Å². The van der Waals surface area contributed by atoms with Crippen LogP contribution in [0.15, 0.2) is 30.3 Å². The molecule has 0 amide bonds. The Morgan fingerprint density at radius 3 is 2.65 bits per heavy atom. The van der Waals surface area contributed by atoms with E-state index in [0.717, 1.165) is 25.9 Å². The van der Waals surface area contributed by atoms with Gasteiger partial charge in [0.2, 0.25) is 0 Å². The minimum Gasteiger partial charge on any atom is -0.378 e. The molecule has 2 heteroatoms. The second-order valence-electron chi connectivity index (χ2n) is 6.92.